The van der Waals surface area contributed by atoms with E-state index in [1.54, 1.807) is 47.1 Å². The maximum Gasteiger partial charge on any atom is 0.277 e. The van der Waals surface area contributed by atoms with Gasteiger partial charge in [0.05, 0.1) is 16.8 Å². The minimum Gasteiger partial charge on any atom is -0.379 e. The molecule has 2 saturated carbocycles. The van der Waals surface area contributed by atoms with Crippen LogP contribution in [-0.2, 0) is 10.0 Å². The second kappa shape index (κ2) is 10.6. The highest BCUT2D eigenvalue weighted by Crippen LogP contribution is 2.30. The molecule has 3 aromatic heterocycles. The number of benzene rings is 1. The highest BCUT2D eigenvalue weighted by molar-refractivity contribution is 7.89. The van der Waals surface area contributed by atoms with Gasteiger partial charge in [0.15, 0.2) is 11.3 Å². The highest BCUT2D eigenvalue weighted by Gasteiger charge is 2.27. The van der Waals surface area contributed by atoms with Gasteiger partial charge in [0.2, 0.25) is 10.0 Å². The Morgan fingerprint density at radius 3 is 2.31 bits per heavy atom. The maximum atomic E-state index is 13.0. The van der Waals surface area contributed by atoms with Gasteiger partial charge in [-0.2, -0.15) is 0 Å². The normalized spacial score (nSPS) is 19.5. The third-order valence-electron chi connectivity index (χ3n) is 6.92. The van der Waals surface area contributed by atoms with E-state index in [-0.39, 0.29) is 28.6 Å². The van der Waals surface area contributed by atoms with Crippen LogP contribution in [0.5, 0.6) is 0 Å². The molecule has 13 heteroatoms. The number of imidazole rings is 1. The molecule has 4 aromatic rings. The number of aromatic nitrogens is 5. The number of anilines is 3. The van der Waals surface area contributed by atoms with E-state index in [9.17, 15) is 13.2 Å². The lowest BCUT2D eigenvalue weighted by Crippen LogP contribution is -2.40. The zero-order valence-electron chi connectivity index (χ0n) is 21.1. The highest BCUT2D eigenvalue weighted by atomic mass is 32.2. The monoisotopic (exact) mass is 547 g/mol. The predicted molar refractivity (Wildman–Crippen MR) is 146 cm³/mol. The van der Waals surface area contributed by atoms with Gasteiger partial charge < -0.3 is 16.0 Å². The fraction of sp³-hybridized carbons (Fsp3) is 0.346. The molecule has 4 N–H and O–H groups in total. The summed E-state index contributed by atoms with van der Waals surface area (Å²) >= 11 is 0. The lowest BCUT2D eigenvalue weighted by molar-refractivity contribution is 0.102. The van der Waals surface area contributed by atoms with Crippen molar-refractivity contribution >= 4 is 38.9 Å². The molecule has 0 saturated heterocycles. The topological polar surface area (TPSA) is 155 Å². The minimum absolute atomic E-state index is 0.114. The first-order valence-corrected chi connectivity index (χ1v) is 14.5. The van der Waals surface area contributed by atoms with Crippen LogP contribution in [0.3, 0.4) is 0 Å². The van der Waals surface area contributed by atoms with Crippen molar-refractivity contribution in [2.24, 2.45) is 0 Å². The Hall–Kier alpha value is -4.10. The van der Waals surface area contributed by atoms with Crippen LogP contribution in [0.25, 0.3) is 5.65 Å². The summed E-state index contributed by atoms with van der Waals surface area (Å²) in [6, 6.07) is 12.3. The van der Waals surface area contributed by atoms with E-state index >= 15 is 0 Å². The van der Waals surface area contributed by atoms with Gasteiger partial charge in [-0.05, 0) is 56.7 Å². The van der Waals surface area contributed by atoms with E-state index in [1.807, 2.05) is 6.07 Å². The molecule has 6 rings (SSSR count). The Labute approximate surface area is 225 Å². The lowest BCUT2D eigenvalue weighted by Gasteiger charge is -2.30. The van der Waals surface area contributed by atoms with Gasteiger partial charge in [0.25, 0.3) is 5.91 Å². The molecule has 12 nitrogen and oxygen atoms in total. The number of amides is 1. The second-order valence-electron chi connectivity index (χ2n) is 9.92. The third-order valence-corrected chi connectivity index (χ3v) is 8.45. The first-order chi connectivity index (χ1) is 18.9. The number of rotatable bonds is 9. The van der Waals surface area contributed by atoms with Crippen molar-refractivity contribution in [3.05, 3.63) is 66.9 Å². The summed E-state index contributed by atoms with van der Waals surface area (Å²) in [6.07, 6.45) is 9.55. The van der Waals surface area contributed by atoms with Gasteiger partial charge in [-0.3, -0.25) is 4.79 Å². The molecule has 2 fully saturated rings. The standard InChI is InChI=1S/C26H29N9O3S/c36-26(32-23-12-13-27-16-29-23)22-15-28-25-21(30-17-6-7-17)14-24(33-35(22)25)31-18-8-10-19(11-9-18)34-39(37,38)20-4-2-1-3-5-20/h1-5,12-19,30,34H,6-11H2,(H,31,33)(H,27,29,32,36)/t18-,19-. The lowest BCUT2D eigenvalue weighted by atomic mass is 9.92. The van der Waals surface area contributed by atoms with Crippen LogP contribution in [0.2, 0.25) is 0 Å². The maximum absolute atomic E-state index is 13.0. The zero-order valence-corrected chi connectivity index (χ0v) is 21.9. The molecule has 0 spiro atoms. The zero-order chi connectivity index (χ0) is 26.8. The van der Waals surface area contributed by atoms with E-state index in [0.29, 0.717) is 36.2 Å². The molecule has 0 aliphatic heterocycles. The molecule has 1 amide bonds. The molecule has 0 bridgehead atoms. The molecule has 0 unspecified atom stereocenters. The minimum atomic E-state index is -3.55. The number of fused-ring (bicyclic) bond motifs is 1. The number of hydrogen-bond donors (Lipinski definition) is 4. The summed E-state index contributed by atoms with van der Waals surface area (Å²) in [4.78, 5) is 25.7. The van der Waals surface area contributed by atoms with Crippen molar-refractivity contribution in [2.75, 3.05) is 16.0 Å². The number of sulfonamides is 1. The van der Waals surface area contributed by atoms with E-state index in [1.165, 1.54) is 12.5 Å². The molecule has 2 aliphatic rings. The van der Waals surface area contributed by atoms with E-state index in [0.717, 1.165) is 31.4 Å². The van der Waals surface area contributed by atoms with Crippen LogP contribution < -0.4 is 20.7 Å². The molecule has 202 valence electrons. The molecule has 2 aliphatic carbocycles. The Morgan fingerprint density at radius 2 is 1.59 bits per heavy atom. The van der Waals surface area contributed by atoms with Gasteiger partial charge in [0, 0.05) is 30.4 Å². The van der Waals surface area contributed by atoms with Crippen molar-refractivity contribution in [2.45, 2.75) is 61.5 Å². The van der Waals surface area contributed by atoms with Crippen molar-refractivity contribution in [3.63, 3.8) is 0 Å². The van der Waals surface area contributed by atoms with Gasteiger partial charge in [-0.25, -0.2) is 32.6 Å². The van der Waals surface area contributed by atoms with Crippen LogP contribution >= 0.6 is 0 Å². The second-order valence-corrected chi connectivity index (χ2v) is 11.6. The van der Waals surface area contributed by atoms with E-state index < -0.39 is 10.0 Å². The molecule has 0 radical (unpaired) electrons. The Morgan fingerprint density at radius 1 is 0.872 bits per heavy atom. The summed E-state index contributed by atoms with van der Waals surface area (Å²) in [5.41, 5.74) is 1.66. The third kappa shape index (κ3) is 5.83. The molecule has 3 heterocycles. The van der Waals surface area contributed by atoms with Gasteiger partial charge in [0.1, 0.15) is 18.0 Å². The number of hydrogen-bond acceptors (Lipinski definition) is 9. The molecule has 0 atom stereocenters. The Bertz CT molecular complexity index is 1570. The smallest absolute Gasteiger partial charge is 0.277 e. The van der Waals surface area contributed by atoms with Crippen molar-refractivity contribution in [1.82, 2.24) is 29.3 Å². The van der Waals surface area contributed by atoms with Crippen molar-refractivity contribution < 1.29 is 13.2 Å². The van der Waals surface area contributed by atoms with Crippen LogP contribution in [0.4, 0.5) is 17.3 Å². The molecule has 1 aromatic carbocycles. The first kappa shape index (κ1) is 25.2. The average Bonchev–Trinajstić information content (AvgIpc) is 3.65. The predicted octanol–water partition coefficient (Wildman–Crippen LogP) is 3.05. The average molecular weight is 548 g/mol. The fourth-order valence-corrected chi connectivity index (χ4v) is 6.07. The molecular weight excluding hydrogens is 518 g/mol. The summed E-state index contributed by atoms with van der Waals surface area (Å²) in [5.74, 6) is 0.623. The molecular formula is C26H29N9O3S. The van der Waals surface area contributed by atoms with Gasteiger partial charge in [-0.1, -0.05) is 18.2 Å². The van der Waals surface area contributed by atoms with Gasteiger partial charge in [-0.15, -0.1) is 5.10 Å². The van der Waals surface area contributed by atoms with E-state index in [4.69, 9.17) is 5.10 Å². The largest absolute Gasteiger partial charge is 0.379 e. The van der Waals surface area contributed by atoms with Crippen LogP contribution in [-0.4, -0.2) is 57.0 Å². The Balaban J connectivity index is 1.16. The van der Waals surface area contributed by atoms with Crippen molar-refractivity contribution in [1.29, 1.82) is 0 Å². The summed E-state index contributed by atoms with van der Waals surface area (Å²) in [6.45, 7) is 0. The number of carbonyl (C=O) groups is 1. The number of nitrogens with one attached hydrogen (secondary N) is 4. The quantitative estimate of drug-likeness (QED) is 0.247. The number of nitrogens with zero attached hydrogens (tertiary/aromatic N) is 5. The molecule has 39 heavy (non-hydrogen) atoms. The fourth-order valence-electron chi connectivity index (χ4n) is 4.74. The number of carbonyl (C=O) groups excluding carboxylic acids is 1. The van der Waals surface area contributed by atoms with E-state index in [2.05, 4.69) is 35.6 Å². The summed E-state index contributed by atoms with van der Waals surface area (Å²) < 4.78 is 29.8. The van der Waals surface area contributed by atoms with Crippen LogP contribution in [0.15, 0.2) is 66.1 Å². The van der Waals surface area contributed by atoms with Crippen molar-refractivity contribution in [3.8, 4) is 0 Å². The summed E-state index contributed by atoms with van der Waals surface area (Å²) in [5, 5.41) is 14.4. The summed E-state index contributed by atoms with van der Waals surface area (Å²) in [7, 11) is -3.55. The Kier molecular flexibility index (Phi) is 6.83. The van der Waals surface area contributed by atoms with Crippen LogP contribution in [0.1, 0.15) is 49.0 Å². The first-order valence-electron chi connectivity index (χ1n) is 13.0. The van der Waals surface area contributed by atoms with Crippen LogP contribution in [0, 0.1) is 0 Å². The van der Waals surface area contributed by atoms with Gasteiger partial charge >= 0.3 is 0 Å². The SMILES string of the molecule is O=C(Nc1ccncn1)c1cnc2c(NC3CC3)cc(N[C@H]3CC[C@H](NS(=O)(=O)c4ccccc4)CC3)nn12.